The van der Waals surface area contributed by atoms with Gasteiger partial charge in [0.15, 0.2) is 0 Å². The van der Waals surface area contributed by atoms with Gasteiger partial charge in [0.2, 0.25) is 11.8 Å². The Labute approximate surface area is 83.6 Å². The summed E-state index contributed by atoms with van der Waals surface area (Å²) in [5.74, 6) is -0.243. The first-order valence-electron chi connectivity index (χ1n) is 4.85. The Hall–Kier alpha value is -1.10. The summed E-state index contributed by atoms with van der Waals surface area (Å²) < 4.78 is 0. The number of likely N-dealkylation sites (N-methyl/N-ethyl adjacent to an activating group) is 1. The maximum Gasteiger partial charge on any atom is 0.242 e. The van der Waals surface area contributed by atoms with Crippen LogP contribution in [0.15, 0.2) is 0 Å². The largest absolute Gasteiger partial charge is 0.357 e. The van der Waals surface area contributed by atoms with Crippen LogP contribution in [0.1, 0.15) is 19.8 Å². The summed E-state index contributed by atoms with van der Waals surface area (Å²) in [6.07, 6.45) is 1.61. The first-order valence-corrected chi connectivity index (χ1v) is 4.85. The van der Waals surface area contributed by atoms with E-state index in [4.69, 9.17) is 5.73 Å². The van der Waals surface area contributed by atoms with E-state index in [2.05, 4.69) is 5.32 Å². The van der Waals surface area contributed by atoms with Gasteiger partial charge in [0.05, 0.1) is 6.04 Å². The lowest BCUT2D eigenvalue weighted by molar-refractivity contribution is -0.138. The third-order valence-electron chi connectivity index (χ3n) is 2.47. The molecule has 2 atom stereocenters. The minimum atomic E-state index is -0.528. The van der Waals surface area contributed by atoms with E-state index in [-0.39, 0.29) is 17.9 Å². The molecule has 1 fully saturated rings. The van der Waals surface area contributed by atoms with Gasteiger partial charge >= 0.3 is 0 Å². The Bertz CT molecular complexity index is 240. The molecular formula is C9H17N3O2. The van der Waals surface area contributed by atoms with Crippen LogP contribution in [-0.2, 0) is 9.59 Å². The van der Waals surface area contributed by atoms with Crippen LogP contribution in [0, 0.1) is 0 Å². The van der Waals surface area contributed by atoms with Crippen molar-refractivity contribution in [3.8, 4) is 0 Å². The molecule has 1 saturated heterocycles. The molecule has 0 spiro atoms. The van der Waals surface area contributed by atoms with Gasteiger partial charge in [-0.25, -0.2) is 0 Å². The van der Waals surface area contributed by atoms with Crippen molar-refractivity contribution >= 4 is 11.8 Å². The average molecular weight is 199 g/mol. The van der Waals surface area contributed by atoms with Gasteiger partial charge in [0.1, 0.15) is 6.04 Å². The molecule has 1 rings (SSSR count). The van der Waals surface area contributed by atoms with E-state index in [9.17, 15) is 9.59 Å². The summed E-state index contributed by atoms with van der Waals surface area (Å²) in [6.45, 7) is 2.28. The standard InChI is InChI=1S/C9H17N3O2/c1-6(10)9(14)12-5-3-4-7(12)8(13)11-2/h6-7H,3-5,10H2,1-2H3,(H,11,13)/t6-,7?/m0/s1. The number of hydrogen-bond acceptors (Lipinski definition) is 3. The fourth-order valence-electron chi connectivity index (χ4n) is 1.73. The quantitative estimate of drug-likeness (QED) is 0.603. The van der Waals surface area contributed by atoms with Crippen molar-refractivity contribution in [3.05, 3.63) is 0 Å². The molecule has 14 heavy (non-hydrogen) atoms. The van der Waals surface area contributed by atoms with E-state index in [1.807, 2.05) is 0 Å². The smallest absolute Gasteiger partial charge is 0.242 e. The molecule has 1 aliphatic rings. The number of carbonyl (C=O) groups is 2. The van der Waals surface area contributed by atoms with Gasteiger partial charge in [0, 0.05) is 13.6 Å². The summed E-state index contributed by atoms with van der Waals surface area (Å²) in [7, 11) is 1.58. The second-order valence-electron chi connectivity index (χ2n) is 3.59. The van der Waals surface area contributed by atoms with E-state index in [1.54, 1.807) is 18.9 Å². The minimum Gasteiger partial charge on any atom is -0.357 e. The Morgan fingerprint density at radius 1 is 1.57 bits per heavy atom. The first kappa shape index (κ1) is 11.0. The molecule has 0 bridgehead atoms. The average Bonchev–Trinajstić information content (AvgIpc) is 2.63. The lowest BCUT2D eigenvalue weighted by Crippen LogP contribution is -2.49. The van der Waals surface area contributed by atoms with Crippen molar-refractivity contribution in [1.82, 2.24) is 10.2 Å². The van der Waals surface area contributed by atoms with Crippen LogP contribution in [0.5, 0.6) is 0 Å². The van der Waals surface area contributed by atoms with Crippen molar-refractivity contribution in [2.75, 3.05) is 13.6 Å². The predicted octanol–water partition coefficient (Wildman–Crippen LogP) is -0.929. The van der Waals surface area contributed by atoms with Crippen LogP contribution in [-0.4, -0.2) is 42.4 Å². The molecule has 0 aromatic rings. The molecule has 0 aliphatic carbocycles. The highest BCUT2D eigenvalue weighted by atomic mass is 16.2. The van der Waals surface area contributed by atoms with Gasteiger partial charge in [-0.15, -0.1) is 0 Å². The number of nitrogens with one attached hydrogen (secondary N) is 1. The van der Waals surface area contributed by atoms with E-state index in [1.165, 1.54) is 0 Å². The van der Waals surface area contributed by atoms with Gasteiger partial charge in [-0.3, -0.25) is 9.59 Å². The normalized spacial score (nSPS) is 23.4. The lowest BCUT2D eigenvalue weighted by Gasteiger charge is -2.24. The third-order valence-corrected chi connectivity index (χ3v) is 2.47. The van der Waals surface area contributed by atoms with E-state index in [0.717, 1.165) is 12.8 Å². The van der Waals surface area contributed by atoms with E-state index < -0.39 is 6.04 Å². The van der Waals surface area contributed by atoms with Gasteiger partial charge in [-0.2, -0.15) is 0 Å². The predicted molar refractivity (Wildman–Crippen MR) is 52.5 cm³/mol. The zero-order valence-corrected chi connectivity index (χ0v) is 8.62. The van der Waals surface area contributed by atoms with Gasteiger partial charge in [-0.1, -0.05) is 0 Å². The molecule has 1 aliphatic heterocycles. The zero-order chi connectivity index (χ0) is 10.7. The summed E-state index contributed by atoms with van der Waals surface area (Å²) in [5, 5.41) is 2.56. The van der Waals surface area contributed by atoms with Crippen LogP contribution in [0.2, 0.25) is 0 Å². The van der Waals surface area contributed by atoms with Crippen LogP contribution >= 0.6 is 0 Å². The minimum absolute atomic E-state index is 0.100. The van der Waals surface area contributed by atoms with Gasteiger partial charge in [0.25, 0.3) is 0 Å². The van der Waals surface area contributed by atoms with Crippen LogP contribution in [0.25, 0.3) is 0 Å². The SMILES string of the molecule is CNC(=O)C1CCCN1C(=O)[C@H](C)N. The Balaban J connectivity index is 2.68. The Morgan fingerprint density at radius 2 is 2.21 bits per heavy atom. The second kappa shape index (κ2) is 4.41. The number of amides is 2. The molecule has 0 radical (unpaired) electrons. The molecule has 5 heteroatoms. The number of nitrogens with zero attached hydrogens (tertiary/aromatic N) is 1. The maximum absolute atomic E-state index is 11.6. The number of rotatable bonds is 2. The second-order valence-corrected chi connectivity index (χ2v) is 3.59. The maximum atomic E-state index is 11.6. The van der Waals surface area contributed by atoms with Crippen LogP contribution in [0.3, 0.4) is 0 Å². The van der Waals surface area contributed by atoms with Gasteiger partial charge < -0.3 is 16.0 Å². The molecule has 0 aromatic carbocycles. The molecule has 1 unspecified atom stereocenters. The lowest BCUT2D eigenvalue weighted by atomic mass is 10.2. The molecule has 80 valence electrons. The molecule has 5 nitrogen and oxygen atoms in total. The summed E-state index contributed by atoms with van der Waals surface area (Å²) in [5.41, 5.74) is 5.50. The topological polar surface area (TPSA) is 75.4 Å². The molecule has 0 saturated carbocycles. The van der Waals surface area contributed by atoms with Gasteiger partial charge in [-0.05, 0) is 19.8 Å². The highest BCUT2D eigenvalue weighted by molar-refractivity contribution is 5.89. The fraction of sp³-hybridized carbons (Fsp3) is 0.778. The van der Waals surface area contributed by atoms with Crippen molar-refractivity contribution < 1.29 is 9.59 Å². The van der Waals surface area contributed by atoms with E-state index in [0.29, 0.717) is 6.54 Å². The first-order chi connectivity index (χ1) is 6.57. The third kappa shape index (κ3) is 2.04. The summed E-state index contributed by atoms with van der Waals surface area (Å²) in [6, 6.07) is -0.848. The molecular weight excluding hydrogens is 182 g/mol. The van der Waals surface area contributed by atoms with E-state index >= 15 is 0 Å². The number of nitrogens with two attached hydrogens (primary N) is 1. The number of carbonyl (C=O) groups excluding carboxylic acids is 2. The van der Waals surface area contributed by atoms with Crippen LogP contribution in [0.4, 0.5) is 0 Å². The highest BCUT2D eigenvalue weighted by Gasteiger charge is 2.34. The monoisotopic (exact) mass is 199 g/mol. The fourth-order valence-corrected chi connectivity index (χ4v) is 1.73. The van der Waals surface area contributed by atoms with Crippen molar-refractivity contribution in [2.24, 2.45) is 5.73 Å². The Morgan fingerprint density at radius 3 is 2.71 bits per heavy atom. The summed E-state index contributed by atoms with van der Waals surface area (Å²) >= 11 is 0. The van der Waals surface area contributed by atoms with Crippen LogP contribution < -0.4 is 11.1 Å². The van der Waals surface area contributed by atoms with Crippen molar-refractivity contribution in [2.45, 2.75) is 31.8 Å². The molecule has 2 amide bonds. The molecule has 1 heterocycles. The number of hydrogen-bond donors (Lipinski definition) is 2. The van der Waals surface area contributed by atoms with Crippen molar-refractivity contribution in [1.29, 1.82) is 0 Å². The number of likely N-dealkylation sites (tertiary alicyclic amines) is 1. The Kier molecular flexibility index (Phi) is 3.46. The van der Waals surface area contributed by atoms with Crippen molar-refractivity contribution in [3.63, 3.8) is 0 Å². The zero-order valence-electron chi connectivity index (χ0n) is 8.62. The molecule has 3 N–H and O–H groups in total. The highest BCUT2D eigenvalue weighted by Crippen LogP contribution is 2.17. The molecule has 0 aromatic heterocycles. The summed E-state index contributed by atoms with van der Waals surface area (Å²) in [4.78, 5) is 24.6.